The Labute approximate surface area is 125 Å². The molecule has 0 atom stereocenters. The minimum absolute atomic E-state index is 0.334. The third-order valence-electron chi connectivity index (χ3n) is 2.31. The van der Waals surface area contributed by atoms with Crippen molar-refractivity contribution < 1.29 is 13.2 Å². The van der Waals surface area contributed by atoms with E-state index >= 15 is 0 Å². The van der Waals surface area contributed by atoms with E-state index in [4.69, 9.17) is 0 Å². The highest BCUT2D eigenvalue weighted by atomic mass is 79.9. The maximum absolute atomic E-state index is 12.6. The van der Waals surface area contributed by atoms with Crippen LogP contribution in [-0.2, 0) is 6.18 Å². The highest BCUT2D eigenvalue weighted by molar-refractivity contribution is 9.10. The van der Waals surface area contributed by atoms with Gasteiger partial charge in [-0.2, -0.15) is 18.3 Å². The second kappa shape index (κ2) is 5.92. The summed E-state index contributed by atoms with van der Waals surface area (Å²) >= 11 is 4.56. The standard InChI is InChI=1S/C12H9BrF3N3S/c1-7-6-20-11(18-7)19-17-5-8-4-9(12(14,15)16)2-3-10(8)13/h2-6H,1H3,(H,18,19). The number of halogens is 4. The number of hydrogen-bond acceptors (Lipinski definition) is 4. The van der Waals surface area contributed by atoms with Gasteiger partial charge >= 0.3 is 6.18 Å². The van der Waals surface area contributed by atoms with E-state index in [0.29, 0.717) is 15.2 Å². The Morgan fingerprint density at radius 3 is 2.75 bits per heavy atom. The van der Waals surface area contributed by atoms with E-state index in [1.807, 2.05) is 12.3 Å². The van der Waals surface area contributed by atoms with E-state index < -0.39 is 11.7 Å². The molecule has 0 aliphatic carbocycles. The normalized spacial score (nSPS) is 12.1. The third-order valence-corrected chi connectivity index (χ3v) is 3.89. The number of rotatable bonds is 3. The molecule has 0 spiro atoms. The predicted octanol–water partition coefficient (Wildman–Crippen LogP) is 4.68. The summed E-state index contributed by atoms with van der Waals surface area (Å²) in [6.07, 6.45) is -3.06. The summed E-state index contributed by atoms with van der Waals surface area (Å²) in [6.45, 7) is 1.84. The van der Waals surface area contributed by atoms with Crippen LogP contribution in [0.15, 0.2) is 33.2 Å². The highest BCUT2D eigenvalue weighted by Gasteiger charge is 2.30. The molecule has 1 N–H and O–H groups in total. The van der Waals surface area contributed by atoms with E-state index in [-0.39, 0.29) is 0 Å². The molecule has 1 aromatic carbocycles. The van der Waals surface area contributed by atoms with Crippen molar-refractivity contribution in [2.45, 2.75) is 13.1 Å². The van der Waals surface area contributed by atoms with Crippen molar-refractivity contribution >= 4 is 38.6 Å². The molecule has 3 nitrogen and oxygen atoms in total. The highest BCUT2D eigenvalue weighted by Crippen LogP contribution is 2.31. The molecule has 0 aliphatic rings. The van der Waals surface area contributed by atoms with E-state index in [1.165, 1.54) is 23.6 Å². The van der Waals surface area contributed by atoms with Gasteiger partial charge in [-0.05, 0) is 25.1 Å². The summed E-state index contributed by atoms with van der Waals surface area (Å²) in [7, 11) is 0. The maximum Gasteiger partial charge on any atom is 0.416 e. The number of nitrogens with zero attached hydrogens (tertiary/aromatic N) is 2. The molecular weight excluding hydrogens is 355 g/mol. The summed E-state index contributed by atoms with van der Waals surface area (Å²) in [5.74, 6) is 0. The lowest BCUT2D eigenvalue weighted by Gasteiger charge is -2.08. The van der Waals surface area contributed by atoms with Gasteiger partial charge in [0.1, 0.15) is 0 Å². The molecule has 2 rings (SSSR count). The van der Waals surface area contributed by atoms with Gasteiger partial charge in [0.05, 0.1) is 17.5 Å². The second-order valence-electron chi connectivity index (χ2n) is 3.90. The summed E-state index contributed by atoms with van der Waals surface area (Å²) in [5, 5.41) is 6.32. The molecule has 20 heavy (non-hydrogen) atoms. The number of thiazole rings is 1. The van der Waals surface area contributed by atoms with Gasteiger partial charge in [0.15, 0.2) is 0 Å². The zero-order valence-electron chi connectivity index (χ0n) is 10.2. The average Bonchev–Trinajstić information content (AvgIpc) is 2.76. The number of hydrazone groups is 1. The van der Waals surface area contributed by atoms with Gasteiger partial charge in [0, 0.05) is 15.4 Å². The Bertz CT molecular complexity index is 637. The first-order chi connectivity index (χ1) is 9.36. The summed E-state index contributed by atoms with van der Waals surface area (Å²) < 4.78 is 38.4. The van der Waals surface area contributed by atoms with Gasteiger partial charge in [-0.25, -0.2) is 4.98 Å². The quantitative estimate of drug-likeness (QED) is 0.634. The molecule has 0 amide bonds. The first-order valence-corrected chi connectivity index (χ1v) is 7.11. The summed E-state index contributed by atoms with van der Waals surface area (Å²) in [6, 6.07) is 3.39. The molecule has 1 aromatic heterocycles. The zero-order valence-corrected chi connectivity index (χ0v) is 12.6. The van der Waals surface area contributed by atoms with Crippen molar-refractivity contribution in [2.75, 3.05) is 5.43 Å². The van der Waals surface area contributed by atoms with Crippen LogP contribution in [0.2, 0.25) is 0 Å². The molecule has 0 radical (unpaired) electrons. The van der Waals surface area contributed by atoms with Crippen LogP contribution in [0.1, 0.15) is 16.8 Å². The number of aryl methyl sites for hydroxylation is 1. The predicted molar refractivity (Wildman–Crippen MR) is 77.2 cm³/mol. The van der Waals surface area contributed by atoms with Crippen LogP contribution in [-0.4, -0.2) is 11.2 Å². The van der Waals surface area contributed by atoms with Crippen LogP contribution >= 0.6 is 27.3 Å². The first kappa shape index (κ1) is 15.0. The Balaban J connectivity index is 2.16. The Morgan fingerprint density at radius 1 is 1.40 bits per heavy atom. The lowest BCUT2D eigenvalue weighted by atomic mass is 10.1. The third kappa shape index (κ3) is 3.80. The minimum Gasteiger partial charge on any atom is -0.253 e. The van der Waals surface area contributed by atoms with Crippen LogP contribution < -0.4 is 5.43 Å². The van der Waals surface area contributed by atoms with E-state index in [0.717, 1.165) is 17.8 Å². The van der Waals surface area contributed by atoms with E-state index in [9.17, 15) is 13.2 Å². The molecule has 0 saturated carbocycles. The molecule has 0 aliphatic heterocycles. The monoisotopic (exact) mass is 363 g/mol. The van der Waals surface area contributed by atoms with Crippen molar-refractivity contribution in [1.82, 2.24) is 4.98 Å². The topological polar surface area (TPSA) is 37.3 Å². The Kier molecular flexibility index (Phi) is 4.44. The SMILES string of the molecule is Cc1csc(NN=Cc2cc(C(F)(F)F)ccc2Br)n1. The smallest absolute Gasteiger partial charge is 0.253 e. The van der Waals surface area contributed by atoms with Gasteiger partial charge in [0.25, 0.3) is 0 Å². The van der Waals surface area contributed by atoms with Crippen LogP contribution in [0.5, 0.6) is 0 Å². The van der Waals surface area contributed by atoms with Gasteiger partial charge in [-0.1, -0.05) is 15.9 Å². The minimum atomic E-state index is -4.37. The molecule has 2 aromatic rings. The molecule has 1 heterocycles. The van der Waals surface area contributed by atoms with Crippen molar-refractivity contribution in [2.24, 2.45) is 5.10 Å². The van der Waals surface area contributed by atoms with E-state index in [2.05, 4.69) is 31.4 Å². The average molecular weight is 364 g/mol. The van der Waals surface area contributed by atoms with Crippen molar-refractivity contribution in [3.63, 3.8) is 0 Å². The molecule has 0 bridgehead atoms. The zero-order chi connectivity index (χ0) is 14.8. The first-order valence-electron chi connectivity index (χ1n) is 5.44. The number of hydrogen-bond donors (Lipinski definition) is 1. The van der Waals surface area contributed by atoms with E-state index in [1.54, 1.807) is 0 Å². The van der Waals surface area contributed by atoms with Crippen LogP contribution in [0, 0.1) is 6.92 Å². The number of benzene rings is 1. The number of aromatic nitrogens is 1. The van der Waals surface area contributed by atoms with Gasteiger partial charge < -0.3 is 0 Å². The molecular formula is C12H9BrF3N3S. The lowest BCUT2D eigenvalue weighted by Crippen LogP contribution is -2.05. The maximum atomic E-state index is 12.6. The van der Waals surface area contributed by atoms with Crippen LogP contribution in [0.25, 0.3) is 0 Å². The Hall–Kier alpha value is -1.41. The largest absolute Gasteiger partial charge is 0.416 e. The number of nitrogens with one attached hydrogen (secondary N) is 1. The summed E-state index contributed by atoms with van der Waals surface area (Å²) in [5.41, 5.74) is 3.15. The molecule has 8 heteroatoms. The molecule has 0 unspecified atom stereocenters. The fraction of sp³-hybridized carbons (Fsp3) is 0.167. The van der Waals surface area contributed by atoms with Crippen molar-refractivity contribution in [3.05, 3.63) is 44.9 Å². The van der Waals surface area contributed by atoms with Gasteiger partial charge in [0.2, 0.25) is 5.13 Å². The lowest BCUT2D eigenvalue weighted by molar-refractivity contribution is -0.137. The Morgan fingerprint density at radius 2 is 2.15 bits per heavy atom. The molecule has 0 saturated heterocycles. The fourth-order valence-electron chi connectivity index (χ4n) is 1.38. The molecule has 0 fully saturated rings. The second-order valence-corrected chi connectivity index (χ2v) is 5.61. The number of anilines is 1. The van der Waals surface area contributed by atoms with Crippen molar-refractivity contribution in [1.29, 1.82) is 0 Å². The van der Waals surface area contributed by atoms with Crippen LogP contribution in [0.3, 0.4) is 0 Å². The fourth-order valence-corrected chi connectivity index (χ4v) is 2.37. The van der Waals surface area contributed by atoms with Crippen molar-refractivity contribution in [3.8, 4) is 0 Å². The summed E-state index contributed by atoms with van der Waals surface area (Å²) in [4.78, 5) is 4.12. The molecule has 106 valence electrons. The van der Waals surface area contributed by atoms with Gasteiger partial charge in [-0.15, -0.1) is 11.3 Å². The van der Waals surface area contributed by atoms with Crippen LogP contribution in [0.4, 0.5) is 18.3 Å². The number of alkyl halides is 3. The van der Waals surface area contributed by atoms with Gasteiger partial charge in [-0.3, -0.25) is 5.43 Å².